The van der Waals surface area contributed by atoms with Gasteiger partial charge in [0.05, 0.1) is 6.61 Å². The molecule has 0 saturated heterocycles. The van der Waals surface area contributed by atoms with E-state index in [1.807, 2.05) is 25.1 Å². The van der Waals surface area contributed by atoms with E-state index in [2.05, 4.69) is 15.9 Å². The summed E-state index contributed by atoms with van der Waals surface area (Å²) in [6.07, 6.45) is 1.37. The van der Waals surface area contributed by atoms with E-state index in [1.54, 1.807) is 6.92 Å². The minimum absolute atomic E-state index is 0.214. The third-order valence-corrected chi connectivity index (χ3v) is 2.96. The van der Waals surface area contributed by atoms with Gasteiger partial charge >= 0.3 is 0 Å². The predicted molar refractivity (Wildman–Crippen MR) is 64.3 cm³/mol. The molecule has 0 amide bonds. The molecule has 1 aromatic rings. The Kier molecular flexibility index (Phi) is 4.82. The molecule has 15 heavy (non-hydrogen) atoms. The zero-order valence-corrected chi connectivity index (χ0v) is 10.6. The van der Waals surface area contributed by atoms with Crippen LogP contribution in [0.1, 0.15) is 25.3 Å². The van der Waals surface area contributed by atoms with Gasteiger partial charge in [0.15, 0.2) is 0 Å². The average molecular weight is 271 g/mol. The monoisotopic (exact) mass is 270 g/mol. The fourth-order valence-corrected chi connectivity index (χ4v) is 1.46. The fourth-order valence-electron chi connectivity index (χ4n) is 1.22. The van der Waals surface area contributed by atoms with Crippen molar-refractivity contribution in [3.63, 3.8) is 0 Å². The Labute approximate surface area is 98.8 Å². The number of halogens is 1. The first-order valence-electron chi connectivity index (χ1n) is 4.98. The van der Waals surface area contributed by atoms with Gasteiger partial charge in [0.1, 0.15) is 11.5 Å². The van der Waals surface area contributed by atoms with Gasteiger partial charge in [-0.15, -0.1) is 0 Å². The summed E-state index contributed by atoms with van der Waals surface area (Å²) in [5, 5.41) is 0. The van der Waals surface area contributed by atoms with Crippen molar-refractivity contribution in [2.24, 2.45) is 0 Å². The van der Waals surface area contributed by atoms with Crippen LogP contribution in [0.25, 0.3) is 0 Å². The second-order valence-electron chi connectivity index (χ2n) is 3.57. The van der Waals surface area contributed by atoms with Gasteiger partial charge in [-0.25, -0.2) is 0 Å². The quantitative estimate of drug-likeness (QED) is 0.766. The normalized spacial score (nSPS) is 10.1. The first-order valence-corrected chi connectivity index (χ1v) is 5.77. The van der Waals surface area contributed by atoms with Crippen LogP contribution in [-0.2, 0) is 4.79 Å². The van der Waals surface area contributed by atoms with Crippen molar-refractivity contribution in [2.45, 2.75) is 26.7 Å². The average Bonchev–Trinajstić information content (AvgIpc) is 2.18. The highest BCUT2D eigenvalue weighted by molar-refractivity contribution is 9.10. The van der Waals surface area contributed by atoms with Gasteiger partial charge in [0.2, 0.25) is 0 Å². The van der Waals surface area contributed by atoms with Crippen molar-refractivity contribution in [1.82, 2.24) is 0 Å². The number of Topliss-reactive ketones (excluding diaryl/α,β-unsaturated/α-hetero) is 1. The Morgan fingerprint density at radius 3 is 2.80 bits per heavy atom. The highest BCUT2D eigenvalue weighted by Crippen LogP contribution is 2.21. The molecule has 0 fully saturated rings. The van der Waals surface area contributed by atoms with Gasteiger partial charge in [-0.05, 0) is 44.0 Å². The summed E-state index contributed by atoms with van der Waals surface area (Å²) < 4.78 is 6.60. The summed E-state index contributed by atoms with van der Waals surface area (Å²) >= 11 is 3.43. The second kappa shape index (κ2) is 5.91. The molecule has 0 radical (unpaired) electrons. The number of aryl methyl sites for hydroxylation is 1. The fraction of sp³-hybridized carbons (Fsp3) is 0.417. The van der Waals surface area contributed by atoms with E-state index in [-0.39, 0.29) is 5.78 Å². The van der Waals surface area contributed by atoms with Crippen molar-refractivity contribution in [2.75, 3.05) is 6.61 Å². The minimum atomic E-state index is 0.214. The molecule has 0 atom stereocenters. The van der Waals surface area contributed by atoms with Crippen LogP contribution in [0.2, 0.25) is 0 Å². The van der Waals surface area contributed by atoms with Gasteiger partial charge < -0.3 is 9.53 Å². The SMILES string of the molecule is CC(=O)CCCOc1ccc(Br)c(C)c1. The van der Waals surface area contributed by atoms with Crippen LogP contribution >= 0.6 is 15.9 Å². The highest BCUT2D eigenvalue weighted by Gasteiger charge is 1.99. The molecule has 0 heterocycles. The summed E-state index contributed by atoms with van der Waals surface area (Å²) in [7, 11) is 0. The van der Waals surface area contributed by atoms with E-state index in [0.29, 0.717) is 13.0 Å². The molecule has 82 valence electrons. The summed E-state index contributed by atoms with van der Waals surface area (Å²) in [5.41, 5.74) is 1.15. The minimum Gasteiger partial charge on any atom is -0.494 e. The summed E-state index contributed by atoms with van der Waals surface area (Å²) in [6, 6.07) is 5.87. The van der Waals surface area contributed by atoms with Gasteiger partial charge in [0.25, 0.3) is 0 Å². The van der Waals surface area contributed by atoms with E-state index in [4.69, 9.17) is 4.74 Å². The molecule has 0 unspecified atom stereocenters. The van der Waals surface area contributed by atoms with Crippen LogP contribution in [0, 0.1) is 6.92 Å². The number of hydrogen-bond donors (Lipinski definition) is 0. The van der Waals surface area contributed by atoms with Gasteiger partial charge in [-0.2, -0.15) is 0 Å². The number of carbonyl (C=O) groups is 1. The topological polar surface area (TPSA) is 26.3 Å². The molecule has 3 heteroatoms. The number of carbonyl (C=O) groups excluding carboxylic acids is 1. The predicted octanol–water partition coefficient (Wildman–Crippen LogP) is 3.51. The molecule has 0 aliphatic carbocycles. The molecule has 1 rings (SSSR count). The van der Waals surface area contributed by atoms with Crippen LogP contribution in [0.15, 0.2) is 22.7 Å². The van der Waals surface area contributed by atoms with Gasteiger partial charge in [0, 0.05) is 10.9 Å². The van der Waals surface area contributed by atoms with Crippen LogP contribution < -0.4 is 4.74 Å². The molecular weight excluding hydrogens is 256 g/mol. The van der Waals surface area contributed by atoms with Crippen molar-refractivity contribution in [3.05, 3.63) is 28.2 Å². The van der Waals surface area contributed by atoms with Crippen molar-refractivity contribution in [3.8, 4) is 5.75 Å². The van der Waals surface area contributed by atoms with Crippen molar-refractivity contribution < 1.29 is 9.53 Å². The maximum Gasteiger partial charge on any atom is 0.129 e. The third kappa shape index (κ3) is 4.47. The Hall–Kier alpha value is -0.830. The lowest BCUT2D eigenvalue weighted by Crippen LogP contribution is -2.00. The molecule has 0 spiro atoms. The molecule has 0 N–H and O–H groups in total. The lowest BCUT2D eigenvalue weighted by molar-refractivity contribution is -0.117. The van der Waals surface area contributed by atoms with E-state index in [9.17, 15) is 4.79 Å². The number of ether oxygens (including phenoxy) is 1. The lowest BCUT2D eigenvalue weighted by Gasteiger charge is -2.06. The standard InChI is InChI=1S/C12H15BrO2/c1-9-8-11(5-6-12(9)13)15-7-3-4-10(2)14/h5-6,8H,3-4,7H2,1-2H3. The first-order chi connectivity index (χ1) is 7.09. The van der Waals surface area contributed by atoms with Crippen LogP contribution in [0.4, 0.5) is 0 Å². The smallest absolute Gasteiger partial charge is 0.129 e. The molecule has 0 aliphatic rings. The number of ketones is 1. The Morgan fingerprint density at radius 2 is 2.20 bits per heavy atom. The largest absolute Gasteiger partial charge is 0.494 e. The highest BCUT2D eigenvalue weighted by atomic mass is 79.9. The molecule has 0 saturated carbocycles. The summed E-state index contributed by atoms with van der Waals surface area (Å²) in [4.78, 5) is 10.7. The maximum absolute atomic E-state index is 10.7. The van der Waals surface area contributed by atoms with Gasteiger partial charge in [-0.3, -0.25) is 0 Å². The number of rotatable bonds is 5. The number of benzene rings is 1. The zero-order chi connectivity index (χ0) is 11.3. The number of hydrogen-bond acceptors (Lipinski definition) is 2. The van der Waals surface area contributed by atoms with E-state index in [1.165, 1.54) is 0 Å². The van der Waals surface area contributed by atoms with Crippen LogP contribution in [-0.4, -0.2) is 12.4 Å². The molecule has 2 nitrogen and oxygen atoms in total. The Bertz CT molecular complexity index is 347. The maximum atomic E-state index is 10.7. The van der Waals surface area contributed by atoms with Crippen molar-refractivity contribution >= 4 is 21.7 Å². The Morgan fingerprint density at radius 1 is 1.47 bits per heavy atom. The zero-order valence-electron chi connectivity index (χ0n) is 9.05. The molecular formula is C12H15BrO2. The van der Waals surface area contributed by atoms with Crippen LogP contribution in [0.5, 0.6) is 5.75 Å². The second-order valence-corrected chi connectivity index (χ2v) is 4.42. The van der Waals surface area contributed by atoms with Gasteiger partial charge in [-0.1, -0.05) is 15.9 Å². The van der Waals surface area contributed by atoms with E-state index in [0.717, 1.165) is 22.2 Å². The molecule has 0 bridgehead atoms. The Balaban J connectivity index is 2.38. The third-order valence-electron chi connectivity index (χ3n) is 2.07. The summed E-state index contributed by atoms with van der Waals surface area (Å²) in [5.74, 6) is 1.07. The first kappa shape index (κ1) is 12.2. The summed E-state index contributed by atoms with van der Waals surface area (Å²) in [6.45, 7) is 4.22. The van der Waals surface area contributed by atoms with Crippen molar-refractivity contribution in [1.29, 1.82) is 0 Å². The molecule has 0 aromatic heterocycles. The van der Waals surface area contributed by atoms with E-state index >= 15 is 0 Å². The molecule has 0 aliphatic heterocycles. The van der Waals surface area contributed by atoms with Crippen LogP contribution in [0.3, 0.4) is 0 Å². The molecule has 1 aromatic carbocycles. The van der Waals surface area contributed by atoms with E-state index < -0.39 is 0 Å². The lowest BCUT2D eigenvalue weighted by atomic mass is 10.2.